The highest BCUT2D eigenvalue weighted by molar-refractivity contribution is 7.17. The van der Waals surface area contributed by atoms with Gasteiger partial charge in [0.2, 0.25) is 0 Å². The number of aryl methyl sites for hydroxylation is 1. The largest absolute Gasteiger partial charge is 0.477 e. The van der Waals surface area contributed by atoms with Crippen molar-refractivity contribution < 1.29 is 9.90 Å². The minimum atomic E-state index is -0.807. The molecule has 0 radical (unpaired) electrons. The smallest absolute Gasteiger partial charge is 0.346 e. The van der Waals surface area contributed by atoms with Crippen LogP contribution in [-0.2, 0) is 6.54 Å². The summed E-state index contributed by atoms with van der Waals surface area (Å²) in [5, 5.41) is 10.1. The van der Waals surface area contributed by atoms with E-state index in [0.29, 0.717) is 10.8 Å². The normalized spacial score (nSPS) is 21.3. The van der Waals surface area contributed by atoms with Crippen molar-refractivity contribution in [1.29, 1.82) is 0 Å². The Balaban J connectivity index is 1.52. The first-order valence-electron chi connectivity index (χ1n) is 12.9. The molecule has 3 aromatic rings. The lowest BCUT2D eigenvalue weighted by Crippen LogP contribution is -2.34. The second-order valence-corrected chi connectivity index (χ2v) is 11.5. The number of nitrogens with zero attached hydrogens (tertiary/aromatic N) is 1. The van der Waals surface area contributed by atoms with Crippen LogP contribution < -0.4 is 0 Å². The van der Waals surface area contributed by atoms with Crippen molar-refractivity contribution in [3.8, 4) is 10.4 Å². The van der Waals surface area contributed by atoms with Crippen LogP contribution in [0.3, 0.4) is 0 Å². The van der Waals surface area contributed by atoms with Crippen LogP contribution in [0.4, 0.5) is 0 Å². The van der Waals surface area contributed by atoms with Crippen LogP contribution in [0.15, 0.2) is 66.2 Å². The second-order valence-electron chi connectivity index (χ2n) is 10.4. The monoisotopic (exact) mass is 485 g/mol. The summed E-state index contributed by atoms with van der Waals surface area (Å²) in [7, 11) is 0. The zero-order valence-electron chi connectivity index (χ0n) is 20.8. The molecule has 0 unspecified atom stereocenters. The molecular weight excluding hydrogens is 450 g/mol. The topological polar surface area (TPSA) is 40.5 Å². The number of carbonyl (C=O) groups is 1. The van der Waals surface area contributed by atoms with Crippen molar-refractivity contribution in [1.82, 2.24) is 4.90 Å². The molecule has 1 saturated carbocycles. The van der Waals surface area contributed by atoms with Crippen LogP contribution >= 0.6 is 11.3 Å². The Hall–Kier alpha value is -2.69. The zero-order chi connectivity index (χ0) is 24.4. The third-order valence-corrected chi connectivity index (χ3v) is 8.98. The van der Waals surface area contributed by atoms with Gasteiger partial charge in [-0.15, -0.1) is 11.3 Å². The maximum atomic E-state index is 12.3. The van der Waals surface area contributed by atoms with E-state index in [0.717, 1.165) is 48.0 Å². The summed E-state index contributed by atoms with van der Waals surface area (Å²) < 4.78 is 0. The third-order valence-electron chi connectivity index (χ3n) is 7.80. The molecule has 2 aliphatic rings. The maximum Gasteiger partial charge on any atom is 0.346 e. The molecule has 182 valence electrons. The number of carboxylic acid groups (broad SMARTS) is 1. The van der Waals surface area contributed by atoms with Gasteiger partial charge in [0.15, 0.2) is 0 Å². The first-order valence-corrected chi connectivity index (χ1v) is 13.7. The molecule has 3 nitrogen and oxygen atoms in total. The third kappa shape index (κ3) is 5.44. The molecule has 1 N–H and O–H groups in total. The molecule has 35 heavy (non-hydrogen) atoms. The molecule has 1 aliphatic carbocycles. The van der Waals surface area contributed by atoms with Gasteiger partial charge < -0.3 is 5.11 Å². The Bertz CT molecular complexity index is 1200. The van der Waals surface area contributed by atoms with Gasteiger partial charge in [-0.1, -0.05) is 79.9 Å². The fraction of sp³-hybridized carbons (Fsp3) is 0.387. The van der Waals surface area contributed by atoms with E-state index in [9.17, 15) is 9.90 Å². The molecule has 2 aromatic carbocycles. The predicted molar refractivity (Wildman–Crippen MR) is 146 cm³/mol. The van der Waals surface area contributed by atoms with Crippen LogP contribution in [0.5, 0.6) is 0 Å². The van der Waals surface area contributed by atoms with Crippen LogP contribution in [0.2, 0.25) is 0 Å². The SMILES string of the molecule is Cc1ccc(CN2CCC(c3cc(-c4ccccc4)sc3C(=O)O)=C(C3CCC(C)CC3)C2)cc1. The molecule has 1 fully saturated rings. The Kier molecular flexibility index (Phi) is 7.22. The summed E-state index contributed by atoms with van der Waals surface area (Å²) in [6.07, 6.45) is 5.89. The van der Waals surface area contributed by atoms with Crippen molar-refractivity contribution in [2.45, 2.75) is 52.5 Å². The van der Waals surface area contributed by atoms with E-state index in [2.05, 4.69) is 61.2 Å². The standard InChI is InChI=1S/C31H35NO2S/c1-21-8-12-23(13-9-21)19-32-17-16-26(28(20-32)24-14-10-22(2)11-15-24)27-18-29(35-30(27)31(33)34)25-6-4-3-5-7-25/h3-9,12-13,18,22,24H,10-11,14-17,19-20H2,1-2H3,(H,33,34). The van der Waals surface area contributed by atoms with Gasteiger partial charge in [0, 0.05) is 30.1 Å². The van der Waals surface area contributed by atoms with Gasteiger partial charge in [0.25, 0.3) is 0 Å². The number of hydrogen-bond donors (Lipinski definition) is 1. The van der Waals surface area contributed by atoms with Crippen molar-refractivity contribution >= 4 is 22.9 Å². The Morgan fingerprint density at radius 3 is 2.43 bits per heavy atom. The highest BCUT2D eigenvalue weighted by Gasteiger charge is 2.31. The molecule has 4 heteroatoms. The van der Waals surface area contributed by atoms with Gasteiger partial charge in [-0.3, -0.25) is 4.90 Å². The number of thiophene rings is 1. The Morgan fingerprint density at radius 2 is 1.74 bits per heavy atom. The zero-order valence-corrected chi connectivity index (χ0v) is 21.6. The molecular formula is C31H35NO2S. The van der Waals surface area contributed by atoms with Crippen LogP contribution in [0.25, 0.3) is 16.0 Å². The van der Waals surface area contributed by atoms with Gasteiger partial charge in [0.05, 0.1) is 0 Å². The molecule has 1 aliphatic heterocycles. The summed E-state index contributed by atoms with van der Waals surface area (Å²) in [6, 6.07) is 21.2. The summed E-state index contributed by atoms with van der Waals surface area (Å²) in [6.45, 7) is 7.35. The first kappa shape index (κ1) is 24.0. The van der Waals surface area contributed by atoms with Crippen LogP contribution in [-0.4, -0.2) is 29.1 Å². The lowest BCUT2D eigenvalue weighted by Gasteiger charge is -2.37. The van der Waals surface area contributed by atoms with E-state index < -0.39 is 5.97 Å². The minimum Gasteiger partial charge on any atom is -0.477 e. The highest BCUT2D eigenvalue weighted by atomic mass is 32.1. The molecule has 2 heterocycles. The second kappa shape index (κ2) is 10.5. The van der Waals surface area contributed by atoms with Gasteiger partial charge >= 0.3 is 5.97 Å². The number of benzene rings is 2. The van der Waals surface area contributed by atoms with E-state index in [4.69, 9.17) is 0 Å². The molecule has 0 bridgehead atoms. The number of hydrogen-bond acceptors (Lipinski definition) is 3. The lowest BCUT2D eigenvalue weighted by molar-refractivity contribution is 0.0702. The highest BCUT2D eigenvalue weighted by Crippen LogP contribution is 2.43. The molecule has 0 spiro atoms. The fourth-order valence-corrected chi connectivity index (χ4v) is 6.77. The summed E-state index contributed by atoms with van der Waals surface area (Å²) in [4.78, 5) is 16.4. The summed E-state index contributed by atoms with van der Waals surface area (Å²) >= 11 is 1.42. The van der Waals surface area contributed by atoms with E-state index in [1.165, 1.54) is 59.3 Å². The first-order chi connectivity index (χ1) is 17.0. The van der Waals surface area contributed by atoms with Crippen LogP contribution in [0.1, 0.15) is 65.4 Å². The lowest BCUT2D eigenvalue weighted by atomic mass is 9.75. The van der Waals surface area contributed by atoms with Crippen molar-refractivity contribution in [3.05, 3.63) is 87.8 Å². The number of aromatic carboxylic acids is 1. The van der Waals surface area contributed by atoms with Crippen molar-refractivity contribution in [3.63, 3.8) is 0 Å². The number of carboxylic acids is 1. The average molecular weight is 486 g/mol. The Labute approximate surface area is 213 Å². The molecule has 0 atom stereocenters. The van der Waals surface area contributed by atoms with Crippen molar-refractivity contribution in [2.75, 3.05) is 13.1 Å². The minimum absolute atomic E-state index is 0.493. The van der Waals surface area contributed by atoms with Gasteiger partial charge in [-0.05, 0) is 66.4 Å². The van der Waals surface area contributed by atoms with E-state index in [-0.39, 0.29) is 0 Å². The van der Waals surface area contributed by atoms with E-state index in [1.807, 2.05) is 18.2 Å². The van der Waals surface area contributed by atoms with Gasteiger partial charge in [0.1, 0.15) is 4.88 Å². The Morgan fingerprint density at radius 1 is 1.03 bits per heavy atom. The molecule has 5 rings (SSSR count). The molecule has 1 aromatic heterocycles. The van der Waals surface area contributed by atoms with E-state index in [1.54, 1.807) is 0 Å². The van der Waals surface area contributed by atoms with Crippen molar-refractivity contribution in [2.24, 2.45) is 11.8 Å². The molecule has 0 saturated heterocycles. The van der Waals surface area contributed by atoms with Crippen LogP contribution in [0, 0.1) is 18.8 Å². The number of rotatable bonds is 6. The fourth-order valence-electron chi connectivity index (χ4n) is 5.74. The van der Waals surface area contributed by atoms with E-state index >= 15 is 0 Å². The van der Waals surface area contributed by atoms with Gasteiger partial charge in [-0.2, -0.15) is 0 Å². The summed E-state index contributed by atoms with van der Waals surface area (Å²) in [5.74, 6) is 0.546. The van der Waals surface area contributed by atoms with Gasteiger partial charge in [-0.25, -0.2) is 4.79 Å². The maximum absolute atomic E-state index is 12.3. The average Bonchev–Trinajstić information content (AvgIpc) is 3.32. The quantitative estimate of drug-likeness (QED) is 0.386. The summed E-state index contributed by atoms with van der Waals surface area (Å²) in [5.41, 5.74) is 7.50. The molecule has 0 amide bonds. The predicted octanol–water partition coefficient (Wildman–Crippen LogP) is 7.91.